The second-order valence-electron chi connectivity index (χ2n) is 6.10. The molecule has 1 fully saturated rings. The predicted molar refractivity (Wildman–Crippen MR) is 102 cm³/mol. The van der Waals surface area contributed by atoms with Crippen molar-refractivity contribution >= 4 is 29.1 Å². The number of hydrogen-bond donors (Lipinski definition) is 1. The maximum atomic E-state index is 12.7. The Morgan fingerprint density at radius 1 is 1.30 bits per heavy atom. The number of benzene rings is 1. The minimum atomic E-state index is -0.743. The van der Waals surface area contributed by atoms with Crippen LogP contribution in [0.2, 0.25) is 5.02 Å². The third kappa shape index (κ3) is 3.40. The van der Waals surface area contributed by atoms with Gasteiger partial charge in [-0.2, -0.15) is 0 Å². The van der Waals surface area contributed by atoms with Crippen LogP contribution in [0, 0.1) is 0 Å². The van der Waals surface area contributed by atoms with E-state index < -0.39 is 17.7 Å². The van der Waals surface area contributed by atoms with Crippen molar-refractivity contribution in [2.45, 2.75) is 19.4 Å². The van der Waals surface area contributed by atoms with Crippen LogP contribution >= 0.6 is 11.6 Å². The first kappa shape index (κ1) is 18.9. The lowest BCUT2D eigenvalue weighted by molar-refractivity contribution is -0.139. The number of rotatable bonds is 5. The normalized spacial score (nSPS) is 18.8. The summed E-state index contributed by atoms with van der Waals surface area (Å²) in [6.45, 7) is 2.30. The van der Waals surface area contributed by atoms with E-state index in [1.165, 1.54) is 18.1 Å². The van der Waals surface area contributed by atoms with Gasteiger partial charge in [-0.25, -0.2) is 0 Å². The van der Waals surface area contributed by atoms with Crippen LogP contribution in [0.1, 0.15) is 30.6 Å². The lowest BCUT2D eigenvalue weighted by Gasteiger charge is -2.23. The summed E-state index contributed by atoms with van der Waals surface area (Å²) in [5.41, 5.74) is 0.857. The molecule has 7 heteroatoms. The molecule has 0 spiro atoms. The Morgan fingerprint density at radius 2 is 2.07 bits per heavy atom. The van der Waals surface area contributed by atoms with Crippen molar-refractivity contribution in [1.29, 1.82) is 0 Å². The summed E-state index contributed by atoms with van der Waals surface area (Å²) in [7, 11) is 1.48. The molecule has 1 atom stereocenters. The summed E-state index contributed by atoms with van der Waals surface area (Å²) in [5.74, 6) is -1.22. The van der Waals surface area contributed by atoms with Crippen LogP contribution in [0.4, 0.5) is 0 Å². The van der Waals surface area contributed by atoms with Crippen LogP contribution < -0.4 is 4.74 Å². The monoisotopic (exact) mass is 386 g/mol. The minimum absolute atomic E-state index is 0.00776. The average Bonchev–Trinajstić information content (AvgIpc) is 2.93. The number of likely N-dealkylation sites (tertiary alicyclic amines) is 1. The fraction of sp³-hybridized carbons (Fsp3) is 0.250. The standard InChI is InChI=1S/C20H19ClN2O4/c1-3-10-23-17(14-6-4-5-9-22-14)16(19(25)20(23)26)18(24)12-7-8-15(27-2)13(21)11-12/h4-9,11,17,24H,3,10H2,1-2H3/b18-16-. The molecule has 0 bridgehead atoms. The number of aliphatic hydroxyl groups excluding tert-OH is 1. The third-order valence-corrected chi connectivity index (χ3v) is 4.69. The van der Waals surface area contributed by atoms with Crippen LogP contribution in [0.25, 0.3) is 5.76 Å². The molecular weight excluding hydrogens is 368 g/mol. The van der Waals surface area contributed by atoms with E-state index in [0.717, 1.165) is 0 Å². The minimum Gasteiger partial charge on any atom is -0.507 e. The van der Waals surface area contributed by atoms with Crippen LogP contribution in [0.3, 0.4) is 0 Å². The molecule has 27 heavy (non-hydrogen) atoms. The molecule has 1 aliphatic heterocycles. The molecule has 1 amide bonds. The molecule has 2 heterocycles. The number of ketones is 1. The van der Waals surface area contributed by atoms with Gasteiger partial charge in [0.05, 0.1) is 23.4 Å². The second kappa shape index (κ2) is 7.80. The molecule has 1 aromatic heterocycles. The number of ether oxygens (including phenoxy) is 1. The zero-order chi connectivity index (χ0) is 19.6. The van der Waals surface area contributed by atoms with Gasteiger partial charge in [-0.15, -0.1) is 0 Å². The second-order valence-corrected chi connectivity index (χ2v) is 6.50. The first-order chi connectivity index (χ1) is 13.0. The Kier molecular flexibility index (Phi) is 5.46. The zero-order valence-electron chi connectivity index (χ0n) is 15.0. The third-order valence-electron chi connectivity index (χ3n) is 4.40. The summed E-state index contributed by atoms with van der Waals surface area (Å²) in [6, 6.07) is 9.19. The maximum Gasteiger partial charge on any atom is 0.295 e. The Morgan fingerprint density at radius 3 is 2.67 bits per heavy atom. The quantitative estimate of drug-likeness (QED) is 0.482. The van der Waals surface area contributed by atoms with Crippen molar-refractivity contribution in [3.8, 4) is 5.75 Å². The number of methoxy groups -OCH3 is 1. The molecule has 1 N–H and O–H groups in total. The Bertz CT molecular complexity index is 911. The van der Waals surface area contributed by atoms with Gasteiger partial charge in [0.15, 0.2) is 0 Å². The van der Waals surface area contributed by atoms with Crippen molar-refractivity contribution < 1.29 is 19.4 Å². The van der Waals surface area contributed by atoms with Crippen molar-refractivity contribution in [3.63, 3.8) is 0 Å². The van der Waals surface area contributed by atoms with Crippen molar-refractivity contribution in [2.75, 3.05) is 13.7 Å². The fourth-order valence-corrected chi connectivity index (χ4v) is 3.42. The molecule has 2 aromatic rings. The number of halogens is 1. The van der Waals surface area contributed by atoms with Gasteiger partial charge in [-0.05, 0) is 36.8 Å². The van der Waals surface area contributed by atoms with Crippen molar-refractivity contribution in [3.05, 3.63) is 64.4 Å². The summed E-state index contributed by atoms with van der Waals surface area (Å²) < 4.78 is 5.11. The fourth-order valence-electron chi connectivity index (χ4n) is 3.17. The number of nitrogens with zero attached hydrogens (tertiary/aromatic N) is 2. The molecule has 140 valence electrons. The van der Waals surface area contributed by atoms with E-state index in [9.17, 15) is 14.7 Å². The average molecular weight is 387 g/mol. The number of carbonyl (C=O) groups excluding carboxylic acids is 2. The van der Waals surface area contributed by atoms with Gasteiger partial charge in [0.2, 0.25) is 0 Å². The Labute approximate surface area is 162 Å². The summed E-state index contributed by atoms with van der Waals surface area (Å²) in [5, 5.41) is 11.2. The van der Waals surface area contributed by atoms with E-state index in [4.69, 9.17) is 16.3 Å². The van der Waals surface area contributed by atoms with E-state index in [0.29, 0.717) is 35.0 Å². The van der Waals surface area contributed by atoms with Gasteiger partial charge in [-0.1, -0.05) is 24.6 Å². The van der Waals surface area contributed by atoms with E-state index in [2.05, 4.69) is 4.98 Å². The first-order valence-corrected chi connectivity index (χ1v) is 8.90. The molecule has 1 aromatic carbocycles. The van der Waals surface area contributed by atoms with Crippen LogP contribution in [0.15, 0.2) is 48.2 Å². The molecule has 3 rings (SSSR count). The van der Waals surface area contributed by atoms with E-state index in [1.807, 2.05) is 6.92 Å². The van der Waals surface area contributed by atoms with Gasteiger partial charge in [-0.3, -0.25) is 14.6 Å². The van der Waals surface area contributed by atoms with E-state index >= 15 is 0 Å². The number of aliphatic hydroxyl groups is 1. The lowest BCUT2D eigenvalue weighted by Crippen LogP contribution is -2.30. The molecule has 1 unspecified atom stereocenters. The van der Waals surface area contributed by atoms with Gasteiger partial charge >= 0.3 is 0 Å². The van der Waals surface area contributed by atoms with Gasteiger partial charge in [0, 0.05) is 18.3 Å². The molecule has 0 aliphatic carbocycles. The van der Waals surface area contributed by atoms with Gasteiger partial charge in [0.25, 0.3) is 11.7 Å². The van der Waals surface area contributed by atoms with Gasteiger partial charge in [0.1, 0.15) is 17.6 Å². The lowest BCUT2D eigenvalue weighted by atomic mass is 9.98. The summed E-state index contributed by atoms with van der Waals surface area (Å²) in [4.78, 5) is 31.0. The summed E-state index contributed by atoms with van der Waals surface area (Å²) >= 11 is 6.14. The van der Waals surface area contributed by atoms with Crippen molar-refractivity contribution in [2.24, 2.45) is 0 Å². The highest BCUT2D eigenvalue weighted by atomic mass is 35.5. The topological polar surface area (TPSA) is 79.7 Å². The number of pyridine rings is 1. The number of Topliss-reactive ketones (excluding diaryl/α,β-unsaturated/α-hetero) is 1. The van der Waals surface area contributed by atoms with E-state index in [1.54, 1.807) is 36.5 Å². The highest BCUT2D eigenvalue weighted by Gasteiger charge is 2.46. The Balaban J connectivity index is 2.17. The number of hydrogen-bond acceptors (Lipinski definition) is 5. The zero-order valence-corrected chi connectivity index (χ0v) is 15.7. The van der Waals surface area contributed by atoms with E-state index in [-0.39, 0.29) is 11.3 Å². The molecule has 0 radical (unpaired) electrons. The largest absolute Gasteiger partial charge is 0.507 e. The Hall–Kier alpha value is -2.86. The SMILES string of the molecule is CCCN1C(=O)C(=O)/C(=C(\O)c2ccc(OC)c(Cl)c2)C1c1ccccn1. The molecule has 1 aliphatic rings. The first-order valence-electron chi connectivity index (χ1n) is 8.52. The number of aromatic nitrogens is 1. The maximum absolute atomic E-state index is 12.7. The smallest absolute Gasteiger partial charge is 0.295 e. The predicted octanol–water partition coefficient (Wildman–Crippen LogP) is 3.58. The molecule has 1 saturated heterocycles. The van der Waals surface area contributed by atoms with Crippen LogP contribution in [-0.4, -0.2) is 40.3 Å². The molecule has 6 nitrogen and oxygen atoms in total. The highest BCUT2D eigenvalue weighted by Crippen LogP contribution is 2.39. The molecule has 0 saturated carbocycles. The van der Waals surface area contributed by atoms with Gasteiger partial charge < -0.3 is 14.7 Å². The van der Waals surface area contributed by atoms with Crippen LogP contribution in [-0.2, 0) is 9.59 Å². The van der Waals surface area contributed by atoms with Crippen LogP contribution in [0.5, 0.6) is 5.75 Å². The summed E-state index contributed by atoms with van der Waals surface area (Å²) in [6.07, 6.45) is 2.26. The van der Waals surface area contributed by atoms with Crippen molar-refractivity contribution in [1.82, 2.24) is 9.88 Å². The molecular formula is C20H19ClN2O4. The highest BCUT2D eigenvalue weighted by molar-refractivity contribution is 6.46. The number of carbonyl (C=O) groups is 2. The number of amides is 1.